The lowest BCUT2D eigenvalue weighted by Gasteiger charge is -2.03. The van der Waals surface area contributed by atoms with Crippen LogP contribution in [0.4, 0.5) is 21.4 Å². The van der Waals surface area contributed by atoms with Gasteiger partial charge in [-0.05, 0) is 0 Å². The van der Waals surface area contributed by atoms with Crippen LogP contribution in [0.5, 0.6) is 0 Å². The normalized spacial score (nSPS) is 9.40. The average molecular weight is 233 g/mol. The van der Waals surface area contributed by atoms with Crippen LogP contribution in [0.25, 0.3) is 0 Å². The van der Waals surface area contributed by atoms with Crippen LogP contribution in [0.1, 0.15) is 0 Å². The average Bonchev–Trinajstić information content (AvgIpc) is 1.98. The molecular weight excluding hydrogens is 228 g/mol. The number of rotatable bonds is 2. The Labute approximate surface area is 87.9 Å². The summed E-state index contributed by atoms with van der Waals surface area (Å²) in [5, 5.41) is 20.4. The first-order valence-corrected chi connectivity index (χ1v) is 3.89. The molecule has 2 amide bonds. The highest BCUT2D eigenvalue weighted by atomic mass is 35.5. The fourth-order valence-electron chi connectivity index (χ4n) is 0.743. The Morgan fingerprint density at radius 2 is 1.80 bits per heavy atom. The van der Waals surface area contributed by atoms with E-state index in [1.807, 2.05) is 10.6 Å². The first-order valence-electron chi connectivity index (χ1n) is 3.52. The largest absolute Gasteiger partial charge is 0.465 e. The van der Waals surface area contributed by atoms with Gasteiger partial charge in [0.2, 0.25) is 5.95 Å². The van der Waals surface area contributed by atoms with Gasteiger partial charge in [0, 0.05) is 6.07 Å². The van der Waals surface area contributed by atoms with E-state index in [2.05, 4.69) is 9.97 Å². The predicted molar refractivity (Wildman–Crippen MR) is 50.3 cm³/mol. The van der Waals surface area contributed by atoms with Gasteiger partial charge in [0.05, 0.1) is 0 Å². The Hall–Kier alpha value is -2.09. The van der Waals surface area contributed by atoms with Crippen molar-refractivity contribution in [3.8, 4) is 0 Å². The van der Waals surface area contributed by atoms with Gasteiger partial charge in [0.25, 0.3) is 0 Å². The fourth-order valence-corrected chi connectivity index (χ4v) is 0.926. The van der Waals surface area contributed by atoms with E-state index in [4.69, 9.17) is 21.8 Å². The number of halogens is 1. The third-order valence-electron chi connectivity index (χ3n) is 1.15. The summed E-state index contributed by atoms with van der Waals surface area (Å²) >= 11 is 5.50. The first-order chi connectivity index (χ1) is 6.97. The molecule has 8 nitrogen and oxygen atoms in total. The molecule has 0 aliphatic rings. The molecule has 0 atom stereocenters. The van der Waals surface area contributed by atoms with Gasteiger partial charge in [0.15, 0.2) is 0 Å². The van der Waals surface area contributed by atoms with Crippen LogP contribution in [0.2, 0.25) is 5.15 Å². The van der Waals surface area contributed by atoms with Crippen molar-refractivity contribution in [3.63, 3.8) is 0 Å². The molecule has 15 heavy (non-hydrogen) atoms. The summed E-state index contributed by atoms with van der Waals surface area (Å²) in [6.07, 6.45) is -2.72. The van der Waals surface area contributed by atoms with Gasteiger partial charge in [-0.25, -0.2) is 14.6 Å². The molecular formula is C6H5ClN4O4. The topological polar surface area (TPSA) is 124 Å². The van der Waals surface area contributed by atoms with Gasteiger partial charge < -0.3 is 10.2 Å². The first kappa shape index (κ1) is 11.0. The predicted octanol–water partition coefficient (Wildman–Crippen LogP) is 1.31. The smallest absolute Gasteiger partial charge is 0.411 e. The van der Waals surface area contributed by atoms with E-state index in [0.29, 0.717) is 0 Å². The standard InChI is InChI=1S/C6H5ClN4O4/c7-2-1-3(10-5(12)13)9-4(8-2)11-6(14)15/h1H,(H,12,13)(H,14,15)(H2,8,9,10,11). The van der Waals surface area contributed by atoms with Gasteiger partial charge in [0.1, 0.15) is 11.0 Å². The van der Waals surface area contributed by atoms with Crippen LogP contribution in [0.3, 0.4) is 0 Å². The molecule has 0 bridgehead atoms. The molecule has 9 heteroatoms. The molecule has 0 saturated carbocycles. The van der Waals surface area contributed by atoms with Crippen LogP contribution in [-0.2, 0) is 0 Å². The number of hydrogen-bond donors (Lipinski definition) is 4. The van der Waals surface area contributed by atoms with Crippen molar-refractivity contribution < 1.29 is 19.8 Å². The van der Waals surface area contributed by atoms with Gasteiger partial charge in [-0.1, -0.05) is 11.6 Å². The molecule has 1 aromatic heterocycles. The summed E-state index contributed by atoms with van der Waals surface area (Å²) in [6.45, 7) is 0. The molecule has 0 fully saturated rings. The summed E-state index contributed by atoms with van der Waals surface area (Å²) in [5.74, 6) is -0.426. The maximum Gasteiger partial charge on any atom is 0.411 e. The lowest BCUT2D eigenvalue weighted by Crippen LogP contribution is -2.13. The number of carbonyl (C=O) groups is 2. The van der Waals surface area contributed by atoms with Gasteiger partial charge in [-0.15, -0.1) is 0 Å². The van der Waals surface area contributed by atoms with Crippen LogP contribution in [-0.4, -0.2) is 32.4 Å². The van der Waals surface area contributed by atoms with Crippen molar-refractivity contribution >= 4 is 35.6 Å². The van der Waals surface area contributed by atoms with Crippen LogP contribution >= 0.6 is 11.6 Å². The Morgan fingerprint density at radius 1 is 1.20 bits per heavy atom. The summed E-state index contributed by atoms with van der Waals surface area (Å²) in [6, 6.07) is 1.14. The molecule has 0 saturated heterocycles. The Balaban J connectivity index is 2.94. The maximum absolute atomic E-state index is 10.3. The number of nitrogens with one attached hydrogen (secondary N) is 2. The van der Waals surface area contributed by atoms with Crippen molar-refractivity contribution in [2.75, 3.05) is 10.6 Å². The highest BCUT2D eigenvalue weighted by Gasteiger charge is 2.07. The number of amides is 2. The number of anilines is 2. The minimum absolute atomic E-state index is 0.0856. The summed E-state index contributed by atoms with van der Waals surface area (Å²) in [7, 11) is 0. The van der Waals surface area contributed by atoms with E-state index in [9.17, 15) is 9.59 Å². The SMILES string of the molecule is O=C(O)Nc1cc(Cl)nc(NC(=O)O)n1. The maximum atomic E-state index is 10.3. The van der Waals surface area contributed by atoms with Crippen molar-refractivity contribution in [3.05, 3.63) is 11.2 Å². The Morgan fingerprint density at radius 3 is 2.33 bits per heavy atom. The lowest BCUT2D eigenvalue weighted by atomic mass is 10.6. The van der Waals surface area contributed by atoms with E-state index in [1.54, 1.807) is 0 Å². The molecule has 0 radical (unpaired) electrons. The molecule has 0 spiro atoms. The molecule has 1 heterocycles. The quantitative estimate of drug-likeness (QED) is 0.570. The second-order valence-corrected chi connectivity index (χ2v) is 2.65. The fraction of sp³-hybridized carbons (Fsp3) is 0. The summed E-state index contributed by atoms with van der Waals surface area (Å²) in [4.78, 5) is 27.5. The summed E-state index contributed by atoms with van der Waals surface area (Å²) < 4.78 is 0. The molecule has 0 aromatic carbocycles. The van der Waals surface area contributed by atoms with E-state index in [1.165, 1.54) is 0 Å². The zero-order valence-electron chi connectivity index (χ0n) is 7.06. The number of nitrogens with zero attached hydrogens (tertiary/aromatic N) is 2. The Kier molecular flexibility index (Phi) is 3.24. The van der Waals surface area contributed by atoms with E-state index < -0.39 is 12.2 Å². The van der Waals surface area contributed by atoms with Crippen molar-refractivity contribution in [1.29, 1.82) is 0 Å². The van der Waals surface area contributed by atoms with E-state index in [0.717, 1.165) is 6.07 Å². The minimum atomic E-state index is -1.38. The second-order valence-electron chi connectivity index (χ2n) is 2.26. The van der Waals surface area contributed by atoms with Crippen molar-refractivity contribution in [1.82, 2.24) is 9.97 Å². The number of aromatic nitrogens is 2. The van der Waals surface area contributed by atoms with Crippen molar-refractivity contribution in [2.24, 2.45) is 0 Å². The third kappa shape index (κ3) is 3.65. The molecule has 80 valence electrons. The zero-order chi connectivity index (χ0) is 11.4. The Bertz CT molecular complexity index is 376. The highest BCUT2D eigenvalue weighted by molar-refractivity contribution is 6.29. The van der Waals surface area contributed by atoms with E-state index in [-0.39, 0.29) is 16.9 Å². The molecule has 1 aromatic rings. The molecule has 0 aliphatic heterocycles. The second kappa shape index (κ2) is 4.42. The minimum Gasteiger partial charge on any atom is -0.465 e. The van der Waals surface area contributed by atoms with Crippen LogP contribution in [0.15, 0.2) is 6.07 Å². The third-order valence-corrected chi connectivity index (χ3v) is 1.34. The van der Waals surface area contributed by atoms with Crippen LogP contribution in [0, 0.1) is 0 Å². The van der Waals surface area contributed by atoms with Crippen molar-refractivity contribution in [2.45, 2.75) is 0 Å². The molecule has 0 unspecified atom stereocenters. The zero-order valence-corrected chi connectivity index (χ0v) is 7.82. The molecule has 4 N–H and O–H groups in total. The highest BCUT2D eigenvalue weighted by Crippen LogP contribution is 2.13. The lowest BCUT2D eigenvalue weighted by molar-refractivity contribution is 0.208. The van der Waals surface area contributed by atoms with E-state index >= 15 is 0 Å². The number of carboxylic acid groups (broad SMARTS) is 2. The van der Waals surface area contributed by atoms with Gasteiger partial charge in [-0.2, -0.15) is 4.98 Å². The molecule has 1 rings (SSSR count). The summed E-state index contributed by atoms with van der Waals surface area (Å²) in [5.41, 5.74) is 0. The van der Waals surface area contributed by atoms with Gasteiger partial charge >= 0.3 is 12.2 Å². The monoisotopic (exact) mass is 232 g/mol. The number of hydrogen-bond acceptors (Lipinski definition) is 4. The van der Waals surface area contributed by atoms with Crippen LogP contribution < -0.4 is 10.6 Å². The van der Waals surface area contributed by atoms with Gasteiger partial charge in [-0.3, -0.25) is 10.6 Å². The molecule has 0 aliphatic carbocycles.